The number of aromatic nitrogens is 1. The van der Waals surface area contributed by atoms with Crippen molar-refractivity contribution in [2.24, 2.45) is 0 Å². The number of nitrogens with two attached hydrogens (primary N) is 1. The summed E-state index contributed by atoms with van der Waals surface area (Å²) in [6, 6.07) is 7.73. The van der Waals surface area contributed by atoms with Gasteiger partial charge in [0.05, 0.1) is 16.1 Å². The van der Waals surface area contributed by atoms with Gasteiger partial charge in [0.1, 0.15) is 5.82 Å². The third-order valence-electron chi connectivity index (χ3n) is 3.70. The molecule has 0 spiro atoms. The number of anilines is 2. The van der Waals surface area contributed by atoms with Gasteiger partial charge in [0.2, 0.25) is 0 Å². The minimum atomic E-state index is -0.378. The van der Waals surface area contributed by atoms with E-state index in [1.54, 1.807) is 6.92 Å². The fourth-order valence-electron chi connectivity index (χ4n) is 2.35. The van der Waals surface area contributed by atoms with Crippen LogP contribution in [0, 0.1) is 5.41 Å². The molecule has 0 aliphatic rings. The molecule has 4 N–H and O–H groups in total. The molecule has 0 saturated heterocycles. The Morgan fingerprint density at radius 3 is 2.58 bits per heavy atom. The van der Waals surface area contributed by atoms with Gasteiger partial charge in [-0.1, -0.05) is 37.1 Å². The molecule has 0 bridgehead atoms. The molecular weight excluding hydrogens is 324 g/mol. The van der Waals surface area contributed by atoms with E-state index >= 15 is 0 Å². The van der Waals surface area contributed by atoms with Crippen LogP contribution in [0.3, 0.4) is 0 Å². The lowest BCUT2D eigenvalue weighted by atomic mass is 10.1. The molecule has 2 rings (SSSR count). The minimum Gasteiger partial charge on any atom is -0.383 e. The van der Waals surface area contributed by atoms with Crippen molar-refractivity contribution in [1.29, 1.82) is 5.41 Å². The number of carbonyl (C=O) groups excluding carboxylic acids is 1. The van der Waals surface area contributed by atoms with E-state index in [1.807, 2.05) is 24.3 Å². The number of unbranched alkanes of at least 4 members (excludes halogenated alkanes) is 1. The molecule has 0 aliphatic carbocycles. The van der Waals surface area contributed by atoms with Crippen LogP contribution >= 0.6 is 11.6 Å². The smallest absolute Gasteiger partial charge is 0.258 e. The zero-order valence-electron chi connectivity index (χ0n) is 13.8. The van der Waals surface area contributed by atoms with Crippen LogP contribution in [-0.2, 0) is 6.42 Å². The summed E-state index contributed by atoms with van der Waals surface area (Å²) in [6.07, 6.45) is 4.65. The number of pyridine rings is 1. The molecular formula is C18H21ClN4O. The minimum absolute atomic E-state index is 0.143. The Kier molecular flexibility index (Phi) is 5.93. The maximum absolute atomic E-state index is 12.4. The molecule has 5 nitrogen and oxygen atoms in total. The Bertz CT molecular complexity index is 756. The van der Waals surface area contributed by atoms with Crippen LogP contribution < -0.4 is 11.1 Å². The second-order valence-corrected chi connectivity index (χ2v) is 6.00. The molecule has 1 aromatic carbocycles. The maximum Gasteiger partial charge on any atom is 0.258 e. The fourth-order valence-corrected chi connectivity index (χ4v) is 2.72. The molecule has 1 heterocycles. The Balaban J connectivity index is 2.18. The predicted molar refractivity (Wildman–Crippen MR) is 99.2 cm³/mol. The fraction of sp³-hybridized carbons (Fsp3) is 0.278. The van der Waals surface area contributed by atoms with E-state index in [1.165, 1.54) is 11.8 Å². The van der Waals surface area contributed by atoms with Gasteiger partial charge in [0, 0.05) is 17.6 Å². The molecule has 0 saturated carbocycles. The van der Waals surface area contributed by atoms with Crippen molar-refractivity contribution in [2.75, 3.05) is 11.1 Å². The zero-order valence-corrected chi connectivity index (χ0v) is 14.6. The summed E-state index contributed by atoms with van der Waals surface area (Å²) >= 11 is 6.23. The van der Waals surface area contributed by atoms with Crippen LogP contribution in [0.25, 0.3) is 0 Å². The quantitative estimate of drug-likeness (QED) is 0.682. The summed E-state index contributed by atoms with van der Waals surface area (Å²) in [5.74, 6) is -0.236. The summed E-state index contributed by atoms with van der Waals surface area (Å²) < 4.78 is 0. The highest BCUT2D eigenvalue weighted by Gasteiger charge is 2.18. The lowest BCUT2D eigenvalue weighted by molar-refractivity contribution is 0.102. The average molecular weight is 345 g/mol. The Labute approximate surface area is 146 Å². The number of amides is 1. The number of nitrogens with one attached hydrogen (secondary N) is 2. The first kappa shape index (κ1) is 17.9. The number of carbonyl (C=O) groups is 1. The van der Waals surface area contributed by atoms with Crippen LogP contribution in [0.15, 0.2) is 30.5 Å². The average Bonchev–Trinajstić information content (AvgIpc) is 2.54. The lowest BCUT2D eigenvalue weighted by Crippen LogP contribution is -2.15. The lowest BCUT2D eigenvalue weighted by Gasteiger charge is -2.11. The van der Waals surface area contributed by atoms with Gasteiger partial charge < -0.3 is 16.5 Å². The van der Waals surface area contributed by atoms with Gasteiger partial charge in [-0.15, -0.1) is 0 Å². The highest BCUT2D eigenvalue weighted by atomic mass is 35.5. The largest absolute Gasteiger partial charge is 0.383 e. The molecule has 2 aromatic rings. The van der Waals surface area contributed by atoms with Crippen LogP contribution in [0.1, 0.15) is 48.2 Å². The number of halogens is 1. The number of benzene rings is 1. The molecule has 0 radical (unpaired) electrons. The summed E-state index contributed by atoms with van der Waals surface area (Å²) in [5.41, 5.74) is 8.31. The first-order chi connectivity index (χ1) is 11.4. The molecule has 0 aliphatic heterocycles. The van der Waals surface area contributed by atoms with Crippen molar-refractivity contribution in [3.63, 3.8) is 0 Å². The highest BCUT2D eigenvalue weighted by molar-refractivity contribution is 6.38. The van der Waals surface area contributed by atoms with Gasteiger partial charge in [-0.3, -0.25) is 4.79 Å². The summed E-state index contributed by atoms with van der Waals surface area (Å²) in [4.78, 5) is 16.4. The summed E-state index contributed by atoms with van der Waals surface area (Å²) in [5, 5.41) is 10.7. The number of hydrogen-bond donors (Lipinski definition) is 3. The Morgan fingerprint density at radius 1 is 1.33 bits per heavy atom. The number of hydrogen-bond acceptors (Lipinski definition) is 4. The van der Waals surface area contributed by atoms with E-state index in [4.69, 9.17) is 22.7 Å². The third-order valence-corrected chi connectivity index (χ3v) is 4.09. The van der Waals surface area contributed by atoms with Gasteiger partial charge in [0.15, 0.2) is 0 Å². The van der Waals surface area contributed by atoms with Crippen LogP contribution in [0.4, 0.5) is 11.5 Å². The molecule has 1 amide bonds. The molecule has 0 unspecified atom stereocenters. The highest BCUT2D eigenvalue weighted by Crippen LogP contribution is 2.26. The van der Waals surface area contributed by atoms with Gasteiger partial charge in [-0.25, -0.2) is 4.98 Å². The topological polar surface area (TPSA) is 91.9 Å². The Morgan fingerprint density at radius 2 is 2.00 bits per heavy atom. The number of rotatable bonds is 6. The maximum atomic E-state index is 12.4. The third kappa shape index (κ3) is 4.11. The van der Waals surface area contributed by atoms with Gasteiger partial charge >= 0.3 is 0 Å². The van der Waals surface area contributed by atoms with Crippen molar-refractivity contribution in [2.45, 2.75) is 33.1 Å². The Hall–Kier alpha value is -2.40. The SMILES string of the molecule is CCCCc1ccc(NC(=O)c2cnc(N)c(C(C)=N)c2Cl)cc1. The second-order valence-electron chi connectivity index (χ2n) is 5.63. The number of aryl methyl sites for hydroxylation is 1. The van der Waals surface area contributed by atoms with Crippen molar-refractivity contribution in [3.05, 3.63) is 52.2 Å². The van der Waals surface area contributed by atoms with E-state index in [0.717, 1.165) is 19.3 Å². The van der Waals surface area contributed by atoms with E-state index in [0.29, 0.717) is 11.3 Å². The van der Waals surface area contributed by atoms with Gasteiger partial charge in [-0.05, 0) is 37.5 Å². The van der Waals surface area contributed by atoms with Crippen molar-refractivity contribution in [3.8, 4) is 0 Å². The standard InChI is InChI=1S/C18H21ClN4O/c1-3-4-5-12-6-8-13(9-7-12)23-18(24)14-10-22-17(21)15(11(2)20)16(14)19/h6-10,20H,3-5H2,1-2H3,(H2,21,22)(H,23,24). The zero-order chi connectivity index (χ0) is 17.7. The molecule has 0 fully saturated rings. The van der Waals surface area contributed by atoms with E-state index in [-0.39, 0.29) is 28.0 Å². The first-order valence-corrected chi connectivity index (χ1v) is 8.21. The van der Waals surface area contributed by atoms with E-state index in [2.05, 4.69) is 17.2 Å². The number of nitrogen functional groups attached to an aromatic ring is 1. The van der Waals surface area contributed by atoms with Gasteiger partial charge in [0.25, 0.3) is 5.91 Å². The van der Waals surface area contributed by atoms with Crippen LogP contribution in [0.2, 0.25) is 5.02 Å². The molecule has 24 heavy (non-hydrogen) atoms. The summed E-state index contributed by atoms with van der Waals surface area (Å²) in [6.45, 7) is 3.71. The molecule has 6 heteroatoms. The predicted octanol–water partition coefficient (Wildman–Crippen LogP) is 4.30. The summed E-state index contributed by atoms with van der Waals surface area (Å²) in [7, 11) is 0. The van der Waals surface area contributed by atoms with Crippen molar-refractivity contribution >= 4 is 34.7 Å². The normalized spacial score (nSPS) is 10.5. The van der Waals surface area contributed by atoms with Crippen molar-refractivity contribution in [1.82, 2.24) is 4.98 Å². The van der Waals surface area contributed by atoms with Crippen LogP contribution in [-0.4, -0.2) is 16.6 Å². The second kappa shape index (κ2) is 7.93. The number of nitrogens with zero attached hydrogens (tertiary/aromatic N) is 1. The van der Waals surface area contributed by atoms with Crippen LogP contribution in [0.5, 0.6) is 0 Å². The monoisotopic (exact) mass is 344 g/mol. The molecule has 126 valence electrons. The molecule has 0 atom stereocenters. The van der Waals surface area contributed by atoms with E-state index < -0.39 is 0 Å². The van der Waals surface area contributed by atoms with E-state index in [9.17, 15) is 4.79 Å². The first-order valence-electron chi connectivity index (χ1n) is 7.83. The van der Waals surface area contributed by atoms with Gasteiger partial charge in [-0.2, -0.15) is 0 Å². The van der Waals surface area contributed by atoms with Crippen molar-refractivity contribution < 1.29 is 4.79 Å². The molecule has 1 aromatic heterocycles.